The summed E-state index contributed by atoms with van der Waals surface area (Å²) in [5.41, 5.74) is 1.28. The molecule has 2 aromatic heterocycles. The summed E-state index contributed by atoms with van der Waals surface area (Å²) in [6, 6.07) is 3.51. The molecule has 6 heteroatoms. The van der Waals surface area contributed by atoms with E-state index in [1.165, 1.54) is 0 Å². The van der Waals surface area contributed by atoms with Gasteiger partial charge in [0.1, 0.15) is 5.69 Å². The molecule has 0 bridgehead atoms. The van der Waals surface area contributed by atoms with Crippen LogP contribution in [-0.2, 0) is 0 Å². The molecule has 0 unspecified atom stereocenters. The van der Waals surface area contributed by atoms with Gasteiger partial charge in [0.15, 0.2) is 5.69 Å². The summed E-state index contributed by atoms with van der Waals surface area (Å²) in [5, 5.41) is 12.8. The number of hydrogen-bond donors (Lipinski definition) is 2. The van der Waals surface area contributed by atoms with Crippen molar-refractivity contribution in [2.45, 2.75) is 6.92 Å². The summed E-state index contributed by atoms with van der Waals surface area (Å²) < 4.78 is 0. The first kappa shape index (κ1) is 9.32. The average Bonchev–Trinajstić information content (AvgIpc) is 2.58. The van der Waals surface area contributed by atoms with Crippen molar-refractivity contribution >= 4 is 11.4 Å². The van der Waals surface area contributed by atoms with E-state index in [9.17, 15) is 4.79 Å². The van der Waals surface area contributed by atoms with Gasteiger partial charge in [0, 0.05) is 6.20 Å². The van der Waals surface area contributed by atoms with Gasteiger partial charge in [-0.15, -0.1) is 10.2 Å². The second kappa shape index (κ2) is 3.87. The van der Waals surface area contributed by atoms with E-state index >= 15 is 0 Å². The zero-order valence-corrected chi connectivity index (χ0v) is 8.06. The van der Waals surface area contributed by atoms with Crippen LogP contribution in [0.25, 0.3) is 0 Å². The van der Waals surface area contributed by atoms with Crippen molar-refractivity contribution < 1.29 is 0 Å². The van der Waals surface area contributed by atoms with Crippen LogP contribution in [0.4, 0.5) is 11.4 Å². The maximum atomic E-state index is 11.2. The summed E-state index contributed by atoms with van der Waals surface area (Å²) in [6.07, 6.45) is 3.22. The smallest absolute Gasteiger partial charge is 0.291 e. The monoisotopic (exact) mass is 203 g/mol. The van der Waals surface area contributed by atoms with E-state index < -0.39 is 0 Å². The number of pyridine rings is 1. The van der Waals surface area contributed by atoms with Crippen LogP contribution < -0.4 is 5.56 Å². The van der Waals surface area contributed by atoms with Crippen molar-refractivity contribution in [1.82, 2.24) is 15.2 Å². The molecule has 0 atom stereocenters. The molecule has 2 rings (SSSR count). The molecule has 0 aliphatic heterocycles. The third-order valence-electron chi connectivity index (χ3n) is 1.85. The molecule has 0 radical (unpaired) electrons. The minimum Gasteiger partial charge on any atom is -0.300 e. The second-order valence-corrected chi connectivity index (χ2v) is 2.96. The first-order chi connectivity index (χ1) is 7.27. The highest BCUT2D eigenvalue weighted by Gasteiger charge is 2.03. The first-order valence-corrected chi connectivity index (χ1v) is 4.36. The molecule has 0 aliphatic carbocycles. The van der Waals surface area contributed by atoms with Crippen LogP contribution in [0.15, 0.2) is 39.5 Å². The van der Waals surface area contributed by atoms with E-state index in [0.29, 0.717) is 17.1 Å². The van der Waals surface area contributed by atoms with Gasteiger partial charge < -0.3 is 5.10 Å². The quantitative estimate of drug-likeness (QED) is 0.729. The van der Waals surface area contributed by atoms with Gasteiger partial charge in [0.05, 0.1) is 11.9 Å². The Kier molecular flexibility index (Phi) is 2.40. The van der Waals surface area contributed by atoms with E-state index in [4.69, 9.17) is 0 Å². The van der Waals surface area contributed by atoms with Crippen molar-refractivity contribution in [2.24, 2.45) is 10.2 Å². The van der Waals surface area contributed by atoms with Crippen LogP contribution in [0, 0.1) is 6.92 Å². The summed E-state index contributed by atoms with van der Waals surface area (Å²) in [7, 11) is 0. The molecule has 2 N–H and O–H groups in total. The van der Waals surface area contributed by atoms with Crippen molar-refractivity contribution in [3.05, 3.63) is 40.6 Å². The number of rotatable bonds is 2. The number of nitrogens with zero attached hydrogens (tertiary/aromatic N) is 3. The minimum absolute atomic E-state index is 0.278. The predicted octanol–water partition coefficient (Wildman–Crippen LogP) is 1.82. The van der Waals surface area contributed by atoms with Crippen molar-refractivity contribution in [3.8, 4) is 0 Å². The number of H-pyrrole nitrogens is 2. The highest BCUT2D eigenvalue weighted by Crippen LogP contribution is 2.15. The molecule has 0 amide bonds. The number of aryl methyl sites for hydroxylation is 1. The van der Waals surface area contributed by atoms with Gasteiger partial charge in [-0.25, -0.2) is 0 Å². The fourth-order valence-corrected chi connectivity index (χ4v) is 1.08. The van der Waals surface area contributed by atoms with Gasteiger partial charge in [-0.05, 0) is 19.1 Å². The van der Waals surface area contributed by atoms with Crippen LogP contribution in [-0.4, -0.2) is 15.2 Å². The zero-order chi connectivity index (χ0) is 10.7. The maximum absolute atomic E-state index is 11.2. The molecule has 0 saturated carbocycles. The Morgan fingerprint density at radius 3 is 2.80 bits per heavy atom. The van der Waals surface area contributed by atoms with Gasteiger partial charge in [-0.2, -0.15) is 0 Å². The van der Waals surface area contributed by atoms with Gasteiger partial charge in [-0.3, -0.25) is 14.9 Å². The molecule has 0 spiro atoms. The van der Waals surface area contributed by atoms with E-state index in [-0.39, 0.29) is 5.56 Å². The fraction of sp³-hybridized carbons (Fsp3) is 0.111. The molecule has 15 heavy (non-hydrogen) atoms. The van der Waals surface area contributed by atoms with Crippen molar-refractivity contribution in [2.75, 3.05) is 0 Å². The predicted molar refractivity (Wildman–Crippen MR) is 54.6 cm³/mol. The average molecular weight is 203 g/mol. The highest BCUT2D eigenvalue weighted by molar-refractivity contribution is 5.39. The van der Waals surface area contributed by atoms with Gasteiger partial charge >= 0.3 is 0 Å². The van der Waals surface area contributed by atoms with Gasteiger partial charge in [0.25, 0.3) is 5.56 Å². The Bertz CT molecular complexity index is 525. The van der Waals surface area contributed by atoms with Crippen LogP contribution in [0.3, 0.4) is 0 Å². The topological polar surface area (TPSA) is 86.3 Å². The van der Waals surface area contributed by atoms with Gasteiger partial charge in [0.2, 0.25) is 0 Å². The molecule has 76 valence electrons. The third-order valence-corrected chi connectivity index (χ3v) is 1.85. The minimum atomic E-state index is -0.278. The Balaban J connectivity index is 2.30. The number of aromatic amines is 2. The van der Waals surface area contributed by atoms with E-state index in [0.717, 1.165) is 0 Å². The van der Waals surface area contributed by atoms with Crippen LogP contribution in [0.1, 0.15) is 5.69 Å². The molecule has 6 nitrogen and oxygen atoms in total. The summed E-state index contributed by atoms with van der Waals surface area (Å²) in [4.78, 5) is 15.1. The Hall–Kier alpha value is -2.24. The van der Waals surface area contributed by atoms with Crippen LogP contribution >= 0.6 is 0 Å². The molecular weight excluding hydrogens is 194 g/mol. The van der Waals surface area contributed by atoms with Crippen LogP contribution in [0.2, 0.25) is 0 Å². The summed E-state index contributed by atoms with van der Waals surface area (Å²) >= 11 is 0. The number of azo groups is 1. The molecule has 0 saturated heterocycles. The molecule has 0 aromatic carbocycles. The van der Waals surface area contributed by atoms with Crippen LogP contribution in [0.5, 0.6) is 0 Å². The zero-order valence-electron chi connectivity index (χ0n) is 8.06. The lowest BCUT2D eigenvalue weighted by Crippen LogP contribution is -1.96. The van der Waals surface area contributed by atoms with Gasteiger partial charge in [-0.1, -0.05) is 0 Å². The maximum Gasteiger partial charge on any atom is 0.291 e. The van der Waals surface area contributed by atoms with E-state index in [1.54, 1.807) is 31.5 Å². The number of aromatic nitrogens is 3. The first-order valence-electron chi connectivity index (χ1n) is 4.36. The Morgan fingerprint density at radius 2 is 2.20 bits per heavy atom. The standard InChI is InChI=1S/C9H9N5O/c1-6-8(9(15)14-11-6)13-12-7-3-2-4-10-5-7/h2-5H,1H3,(H2,11,14,15). The highest BCUT2D eigenvalue weighted by atomic mass is 16.1. The summed E-state index contributed by atoms with van der Waals surface area (Å²) in [6.45, 7) is 1.75. The van der Waals surface area contributed by atoms with Crippen molar-refractivity contribution in [3.63, 3.8) is 0 Å². The third kappa shape index (κ3) is 1.98. The van der Waals surface area contributed by atoms with E-state index in [2.05, 4.69) is 25.4 Å². The second-order valence-electron chi connectivity index (χ2n) is 2.96. The molecular formula is C9H9N5O. The lowest BCUT2D eigenvalue weighted by atomic mass is 10.4. The largest absolute Gasteiger partial charge is 0.300 e. The fourth-order valence-electron chi connectivity index (χ4n) is 1.08. The number of hydrogen-bond acceptors (Lipinski definition) is 4. The molecule has 0 aliphatic rings. The Morgan fingerprint density at radius 1 is 1.33 bits per heavy atom. The van der Waals surface area contributed by atoms with Crippen molar-refractivity contribution in [1.29, 1.82) is 0 Å². The molecule has 2 aromatic rings. The lowest BCUT2D eigenvalue weighted by molar-refractivity contribution is 1.02. The normalized spacial score (nSPS) is 11.0. The lowest BCUT2D eigenvalue weighted by Gasteiger charge is -1.88. The summed E-state index contributed by atoms with van der Waals surface area (Å²) in [5.74, 6) is 0. The number of nitrogens with one attached hydrogen (secondary N) is 2. The molecule has 0 fully saturated rings. The van der Waals surface area contributed by atoms with E-state index in [1.807, 2.05) is 0 Å². The Labute approximate surface area is 85.1 Å². The SMILES string of the molecule is Cc1[nH][nH]c(=O)c1N=Nc1cccnc1. The molecule has 2 heterocycles.